The summed E-state index contributed by atoms with van der Waals surface area (Å²) in [6.45, 7) is 4.40. The van der Waals surface area contributed by atoms with E-state index in [9.17, 15) is 9.59 Å². The highest BCUT2D eigenvalue weighted by Gasteiger charge is 2.15. The Bertz CT molecular complexity index is 635. The summed E-state index contributed by atoms with van der Waals surface area (Å²) in [5, 5.41) is 9.04. The van der Waals surface area contributed by atoms with Crippen molar-refractivity contribution in [1.82, 2.24) is 0 Å². The predicted molar refractivity (Wildman–Crippen MR) is 167 cm³/mol. The summed E-state index contributed by atoms with van der Waals surface area (Å²) in [5.41, 5.74) is 0. The van der Waals surface area contributed by atoms with Crippen LogP contribution in [0, 0.1) is 0 Å². The van der Waals surface area contributed by atoms with Gasteiger partial charge in [0.15, 0.2) is 0 Å². The van der Waals surface area contributed by atoms with Crippen molar-refractivity contribution in [3.63, 3.8) is 0 Å². The van der Waals surface area contributed by atoms with Gasteiger partial charge >= 0.3 is 11.9 Å². The second-order valence-electron chi connectivity index (χ2n) is 11.0. The molecule has 1 atom stereocenters. The smallest absolute Gasteiger partial charge is 0.306 e. The van der Waals surface area contributed by atoms with E-state index in [-0.39, 0.29) is 18.5 Å². The van der Waals surface area contributed by atoms with Gasteiger partial charge in [-0.1, -0.05) is 134 Å². The molecule has 39 heavy (non-hydrogen) atoms. The van der Waals surface area contributed by atoms with Crippen molar-refractivity contribution in [2.24, 2.45) is 0 Å². The molecule has 0 fully saturated rings. The molecule has 0 radical (unpaired) electrons. The van der Waals surface area contributed by atoms with E-state index < -0.39 is 5.97 Å². The van der Waals surface area contributed by atoms with Crippen molar-refractivity contribution in [3.05, 3.63) is 36.5 Å². The van der Waals surface area contributed by atoms with Crippen LogP contribution in [0.5, 0.6) is 0 Å². The van der Waals surface area contributed by atoms with Crippen LogP contribution in [0.25, 0.3) is 0 Å². The Morgan fingerprint density at radius 2 is 1.10 bits per heavy atom. The molecule has 0 heterocycles. The molecule has 0 aliphatic carbocycles. The fourth-order valence-corrected chi connectivity index (χ4v) is 4.72. The molecule has 4 nitrogen and oxygen atoms in total. The molecule has 0 aliphatic heterocycles. The Balaban J connectivity index is 3.77. The SMILES string of the molecule is CC/C=C\C/C=C\C/C=C\CCCCCCCCCC(=O)OC(CCCCCCCCCCC)CCC(=O)O. The molecule has 0 aromatic carbocycles. The first-order chi connectivity index (χ1) is 19.1. The molecule has 0 aliphatic rings. The number of unbranched alkanes of at least 4 members (excludes halogenated alkanes) is 15. The van der Waals surface area contributed by atoms with E-state index in [1.54, 1.807) is 0 Å². The lowest BCUT2D eigenvalue weighted by atomic mass is 10.0. The Kier molecular flexibility index (Phi) is 29.2. The van der Waals surface area contributed by atoms with Gasteiger partial charge in [-0.25, -0.2) is 0 Å². The van der Waals surface area contributed by atoms with Crippen LogP contribution in [0.1, 0.15) is 168 Å². The molecule has 4 heteroatoms. The lowest BCUT2D eigenvalue weighted by Gasteiger charge is -2.17. The summed E-state index contributed by atoms with van der Waals surface area (Å²) < 4.78 is 5.69. The van der Waals surface area contributed by atoms with Gasteiger partial charge in [-0.15, -0.1) is 0 Å². The van der Waals surface area contributed by atoms with Gasteiger partial charge in [0.05, 0.1) is 0 Å². The van der Waals surface area contributed by atoms with Crippen LogP contribution in [0.15, 0.2) is 36.5 Å². The Morgan fingerprint density at radius 3 is 1.69 bits per heavy atom. The summed E-state index contributed by atoms with van der Waals surface area (Å²) >= 11 is 0. The molecule has 1 N–H and O–H groups in total. The van der Waals surface area contributed by atoms with Gasteiger partial charge in [0, 0.05) is 12.8 Å². The maximum Gasteiger partial charge on any atom is 0.306 e. The van der Waals surface area contributed by atoms with Gasteiger partial charge in [0.2, 0.25) is 0 Å². The number of hydrogen-bond acceptors (Lipinski definition) is 3. The number of carbonyl (C=O) groups excluding carboxylic acids is 1. The fourth-order valence-electron chi connectivity index (χ4n) is 4.72. The summed E-state index contributed by atoms with van der Waals surface area (Å²) in [7, 11) is 0. The summed E-state index contributed by atoms with van der Waals surface area (Å²) in [6.07, 6.45) is 38.7. The van der Waals surface area contributed by atoms with Gasteiger partial charge in [-0.05, 0) is 57.8 Å². The molecule has 226 valence electrons. The van der Waals surface area contributed by atoms with Crippen LogP contribution in [-0.4, -0.2) is 23.1 Å². The average molecular weight is 547 g/mol. The van der Waals surface area contributed by atoms with E-state index in [1.165, 1.54) is 77.0 Å². The number of carboxylic acids is 1. The number of rotatable bonds is 29. The highest BCUT2D eigenvalue weighted by atomic mass is 16.5. The molecule has 0 rings (SSSR count). The number of hydrogen-bond donors (Lipinski definition) is 1. The van der Waals surface area contributed by atoms with Crippen molar-refractivity contribution in [2.75, 3.05) is 0 Å². The van der Waals surface area contributed by atoms with E-state index in [4.69, 9.17) is 9.84 Å². The van der Waals surface area contributed by atoms with Gasteiger partial charge in [0.25, 0.3) is 0 Å². The van der Waals surface area contributed by atoms with Crippen LogP contribution >= 0.6 is 0 Å². The number of esters is 1. The molecular formula is C35H62O4. The van der Waals surface area contributed by atoms with Crippen molar-refractivity contribution >= 4 is 11.9 Å². The lowest BCUT2D eigenvalue weighted by Crippen LogP contribution is -2.19. The third-order valence-corrected chi connectivity index (χ3v) is 7.14. The van der Waals surface area contributed by atoms with Crippen LogP contribution in [-0.2, 0) is 14.3 Å². The monoisotopic (exact) mass is 546 g/mol. The first kappa shape index (κ1) is 37.2. The minimum atomic E-state index is -0.817. The fraction of sp³-hybridized carbons (Fsp3) is 0.771. The van der Waals surface area contributed by atoms with Crippen molar-refractivity contribution in [1.29, 1.82) is 0 Å². The van der Waals surface area contributed by atoms with Crippen molar-refractivity contribution in [3.8, 4) is 0 Å². The normalized spacial score (nSPS) is 12.7. The zero-order valence-corrected chi connectivity index (χ0v) is 25.7. The van der Waals surface area contributed by atoms with E-state index in [1.807, 2.05) is 0 Å². The Morgan fingerprint density at radius 1 is 0.590 bits per heavy atom. The molecule has 0 aromatic heterocycles. The molecule has 0 aromatic rings. The van der Waals surface area contributed by atoms with E-state index in [0.717, 1.165) is 57.8 Å². The van der Waals surface area contributed by atoms with Crippen LogP contribution in [0.2, 0.25) is 0 Å². The molecule has 0 saturated heterocycles. The summed E-state index contributed by atoms with van der Waals surface area (Å²) in [5.74, 6) is -0.970. The molecule has 1 unspecified atom stereocenters. The highest BCUT2D eigenvalue weighted by Crippen LogP contribution is 2.17. The van der Waals surface area contributed by atoms with Gasteiger partial charge in [-0.3, -0.25) is 9.59 Å². The minimum Gasteiger partial charge on any atom is -0.481 e. The van der Waals surface area contributed by atoms with Crippen molar-refractivity contribution < 1.29 is 19.4 Å². The Labute approximate surface area is 241 Å². The second kappa shape index (κ2) is 30.7. The topological polar surface area (TPSA) is 63.6 Å². The summed E-state index contributed by atoms with van der Waals surface area (Å²) in [6, 6.07) is 0. The van der Waals surface area contributed by atoms with Gasteiger partial charge in [-0.2, -0.15) is 0 Å². The number of ether oxygens (including phenoxy) is 1. The van der Waals surface area contributed by atoms with Crippen molar-refractivity contribution in [2.45, 2.75) is 174 Å². The summed E-state index contributed by atoms with van der Waals surface area (Å²) in [4.78, 5) is 23.3. The lowest BCUT2D eigenvalue weighted by molar-refractivity contribution is -0.151. The number of aliphatic carboxylic acids is 1. The first-order valence-electron chi connectivity index (χ1n) is 16.5. The van der Waals surface area contributed by atoms with E-state index in [0.29, 0.717) is 12.8 Å². The minimum absolute atomic E-state index is 0.0686. The quantitative estimate of drug-likeness (QED) is 0.0575. The third kappa shape index (κ3) is 30.6. The Hall–Kier alpha value is -1.84. The van der Waals surface area contributed by atoms with E-state index >= 15 is 0 Å². The van der Waals surface area contributed by atoms with Gasteiger partial charge in [0.1, 0.15) is 6.10 Å². The standard InChI is InChI=1S/C35H62O4/c1-3-5-7-9-11-13-14-15-16-17-18-19-20-22-24-26-28-30-35(38)39-33(31-32-34(36)37)29-27-25-23-21-12-10-8-6-4-2/h5,7,11,13,15-16,33H,3-4,6,8-10,12,14,17-32H2,1-2H3,(H,36,37)/b7-5-,13-11-,16-15-. The zero-order chi connectivity index (χ0) is 28.7. The first-order valence-corrected chi connectivity index (χ1v) is 16.5. The van der Waals surface area contributed by atoms with E-state index in [2.05, 4.69) is 50.3 Å². The molecule has 0 bridgehead atoms. The molecule has 0 spiro atoms. The average Bonchev–Trinajstić information content (AvgIpc) is 2.92. The van der Waals surface area contributed by atoms with Crippen LogP contribution in [0.3, 0.4) is 0 Å². The number of carbonyl (C=O) groups is 2. The predicted octanol–water partition coefficient (Wildman–Crippen LogP) is 11.1. The highest BCUT2D eigenvalue weighted by molar-refractivity contribution is 5.69. The second-order valence-corrected chi connectivity index (χ2v) is 11.0. The zero-order valence-electron chi connectivity index (χ0n) is 25.7. The number of allylic oxidation sites excluding steroid dienone is 6. The molecular weight excluding hydrogens is 484 g/mol. The maximum atomic E-state index is 12.3. The van der Waals surface area contributed by atoms with Gasteiger partial charge < -0.3 is 9.84 Å². The third-order valence-electron chi connectivity index (χ3n) is 7.14. The maximum absolute atomic E-state index is 12.3. The number of carboxylic acid groups (broad SMARTS) is 1. The van der Waals surface area contributed by atoms with Crippen LogP contribution in [0.4, 0.5) is 0 Å². The van der Waals surface area contributed by atoms with Crippen LogP contribution < -0.4 is 0 Å². The molecule has 0 amide bonds. The largest absolute Gasteiger partial charge is 0.481 e. The molecule has 0 saturated carbocycles.